The van der Waals surface area contributed by atoms with Crippen LogP contribution in [0.2, 0.25) is 5.02 Å². The largest absolute Gasteiger partial charge is 0.465 e. The summed E-state index contributed by atoms with van der Waals surface area (Å²) in [4.78, 5) is 14.8. The number of hydrogen-bond donors (Lipinski definition) is 1. The molecular weight excluding hydrogens is 330 g/mol. The molecule has 2 atom stereocenters. The summed E-state index contributed by atoms with van der Waals surface area (Å²) in [6.07, 6.45) is -0.862. The summed E-state index contributed by atoms with van der Waals surface area (Å²) >= 11 is 6.02. The van der Waals surface area contributed by atoms with Crippen LogP contribution in [0.3, 0.4) is 0 Å². The number of benzene rings is 1. The van der Waals surface area contributed by atoms with E-state index in [9.17, 15) is 4.79 Å². The number of rotatable bonds is 3. The fraction of sp³-hybridized carbons (Fsp3) is 0.412. The molecule has 1 amide bonds. The lowest BCUT2D eigenvalue weighted by Gasteiger charge is -2.41. The number of aromatic nitrogens is 1. The van der Waals surface area contributed by atoms with Crippen LogP contribution in [0, 0.1) is 0 Å². The SMILES string of the molecule is CC(c1cc(-c2cccc(Cl)c2)on1)N1CCN(C(=O)O)C[C@H]1C. The van der Waals surface area contributed by atoms with Gasteiger partial charge < -0.3 is 14.5 Å². The van der Waals surface area contributed by atoms with Crippen LogP contribution in [0.25, 0.3) is 11.3 Å². The van der Waals surface area contributed by atoms with Crippen LogP contribution in [-0.2, 0) is 0 Å². The van der Waals surface area contributed by atoms with Gasteiger partial charge in [-0.2, -0.15) is 0 Å². The van der Waals surface area contributed by atoms with Crippen LogP contribution >= 0.6 is 11.6 Å². The molecule has 3 rings (SSSR count). The fourth-order valence-corrected chi connectivity index (χ4v) is 3.34. The lowest BCUT2D eigenvalue weighted by molar-refractivity contribution is 0.0511. The summed E-state index contributed by atoms with van der Waals surface area (Å²) in [6.45, 7) is 5.77. The highest BCUT2D eigenvalue weighted by Gasteiger charge is 2.31. The molecule has 1 fully saturated rings. The molecule has 2 heterocycles. The monoisotopic (exact) mass is 349 g/mol. The molecule has 1 aliphatic rings. The minimum Gasteiger partial charge on any atom is -0.465 e. The highest BCUT2D eigenvalue weighted by molar-refractivity contribution is 6.30. The minimum atomic E-state index is -0.862. The van der Waals surface area contributed by atoms with Crippen LogP contribution in [0.4, 0.5) is 4.79 Å². The predicted octanol–water partition coefficient (Wildman–Crippen LogP) is 3.74. The van der Waals surface area contributed by atoms with Gasteiger partial charge in [-0.05, 0) is 26.0 Å². The van der Waals surface area contributed by atoms with Crippen LogP contribution in [-0.4, -0.2) is 51.8 Å². The van der Waals surface area contributed by atoms with E-state index in [1.54, 1.807) is 0 Å². The molecule has 1 N–H and O–H groups in total. The summed E-state index contributed by atoms with van der Waals surface area (Å²) in [5.41, 5.74) is 1.72. The normalized spacial score (nSPS) is 20.1. The van der Waals surface area contributed by atoms with E-state index in [0.29, 0.717) is 30.4 Å². The first-order valence-corrected chi connectivity index (χ1v) is 8.29. The molecule has 128 valence electrons. The molecule has 0 radical (unpaired) electrons. The zero-order valence-corrected chi connectivity index (χ0v) is 14.4. The summed E-state index contributed by atoms with van der Waals surface area (Å²) < 4.78 is 5.47. The van der Waals surface area contributed by atoms with Gasteiger partial charge in [0.25, 0.3) is 0 Å². The molecule has 6 nitrogen and oxygen atoms in total. The highest BCUT2D eigenvalue weighted by Crippen LogP contribution is 2.29. The number of nitrogens with zero attached hydrogens (tertiary/aromatic N) is 3. The van der Waals surface area contributed by atoms with Gasteiger partial charge >= 0.3 is 6.09 Å². The molecule has 0 spiro atoms. The molecule has 1 aromatic heterocycles. The van der Waals surface area contributed by atoms with Gasteiger partial charge in [0.05, 0.1) is 6.04 Å². The smallest absolute Gasteiger partial charge is 0.407 e. The van der Waals surface area contributed by atoms with Crippen LogP contribution in [0.1, 0.15) is 25.6 Å². The Hall–Kier alpha value is -2.05. The molecule has 2 aromatic rings. The number of hydrogen-bond acceptors (Lipinski definition) is 4. The second-order valence-electron chi connectivity index (χ2n) is 6.12. The first-order chi connectivity index (χ1) is 11.5. The molecule has 1 saturated heterocycles. The Kier molecular flexibility index (Phi) is 4.78. The van der Waals surface area contributed by atoms with Crippen molar-refractivity contribution >= 4 is 17.7 Å². The van der Waals surface area contributed by atoms with Crippen molar-refractivity contribution in [1.82, 2.24) is 15.0 Å². The van der Waals surface area contributed by atoms with Crippen molar-refractivity contribution in [3.63, 3.8) is 0 Å². The van der Waals surface area contributed by atoms with Crippen molar-refractivity contribution in [2.45, 2.75) is 25.9 Å². The van der Waals surface area contributed by atoms with E-state index in [1.807, 2.05) is 37.3 Å². The Morgan fingerprint density at radius 3 is 2.88 bits per heavy atom. The van der Waals surface area contributed by atoms with E-state index in [4.69, 9.17) is 21.2 Å². The molecule has 0 bridgehead atoms. The third kappa shape index (κ3) is 3.39. The number of amides is 1. The molecule has 1 aliphatic heterocycles. The Balaban J connectivity index is 1.74. The fourth-order valence-electron chi connectivity index (χ4n) is 3.15. The van der Waals surface area contributed by atoms with E-state index in [0.717, 1.165) is 11.3 Å². The van der Waals surface area contributed by atoms with Gasteiger partial charge in [-0.1, -0.05) is 28.9 Å². The number of piperazine rings is 1. The average molecular weight is 350 g/mol. The zero-order valence-electron chi connectivity index (χ0n) is 13.6. The van der Waals surface area contributed by atoms with E-state index in [-0.39, 0.29) is 12.1 Å². The lowest BCUT2D eigenvalue weighted by atomic mass is 10.1. The van der Waals surface area contributed by atoms with Crippen molar-refractivity contribution in [2.75, 3.05) is 19.6 Å². The average Bonchev–Trinajstić information content (AvgIpc) is 3.04. The summed E-state index contributed by atoms with van der Waals surface area (Å²) in [5, 5.41) is 14.0. The second kappa shape index (κ2) is 6.83. The maximum absolute atomic E-state index is 11.1. The molecule has 0 saturated carbocycles. The Bertz CT molecular complexity index is 733. The molecule has 0 aliphatic carbocycles. The predicted molar refractivity (Wildman–Crippen MR) is 91.1 cm³/mol. The molecular formula is C17H20ClN3O3. The van der Waals surface area contributed by atoms with Gasteiger partial charge in [0.1, 0.15) is 5.69 Å². The molecule has 1 unspecified atom stereocenters. The molecule has 7 heteroatoms. The highest BCUT2D eigenvalue weighted by atomic mass is 35.5. The third-order valence-electron chi connectivity index (χ3n) is 4.51. The van der Waals surface area contributed by atoms with Crippen LogP contribution in [0.5, 0.6) is 0 Å². The van der Waals surface area contributed by atoms with E-state index in [2.05, 4.69) is 17.0 Å². The first kappa shape index (κ1) is 16.8. The molecule has 1 aromatic carbocycles. The van der Waals surface area contributed by atoms with E-state index >= 15 is 0 Å². The number of carbonyl (C=O) groups is 1. The van der Waals surface area contributed by atoms with E-state index < -0.39 is 6.09 Å². The van der Waals surface area contributed by atoms with E-state index in [1.165, 1.54) is 4.90 Å². The topological polar surface area (TPSA) is 69.8 Å². The minimum absolute atomic E-state index is 0.0487. The van der Waals surface area contributed by atoms with Gasteiger partial charge in [-0.25, -0.2) is 4.79 Å². The van der Waals surface area contributed by atoms with Gasteiger partial charge in [0, 0.05) is 42.3 Å². The van der Waals surface area contributed by atoms with Gasteiger partial charge in [-0.3, -0.25) is 4.90 Å². The lowest BCUT2D eigenvalue weighted by Crippen LogP contribution is -2.53. The number of carboxylic acid groups (broad SMARTS) is 1. The van der Waals surface area contributed by atoms with Crippen molar-refractivity contribution in [3.8, 4) is 11.3 Å². The maximum Gasteiger partial charge on any atom is 0.407 e. The molecule has 24 heavy (non-hydrogen) atoms. The number of halogens is 1. The van der Waals surface area contributed by atoms with Gasteiger partial charge in [0.15, 0.2) is 5.76 Å². The van der Waals surface area contributed by atoms with Crippen LogP contribution < -0.4 is 0 Å². The van der Waals surface area contributed by atoms with Crippen molar-refractivity contribution in [1.29, 1.82) is 0 Å². The Morgan fingerprint density at radius 1 is 1.42 bits per heavy atom. The van der Waals surface area contributed by atoms with Gasteiger partial charge in [-0.15, -0.1) is 0 Å². The van der Waals surface area contributed by atoms with Crippen LogP contribution in [0.15, 0.2) is 34.9 Å². The standard InChI is InChI=1S/C17H20ClN3O3/c1-11-10-20(17(22)23)6-7-21(11)12(2)15-9-16(24-19-15)13-4-3-5-14(18)8-13/h3-5,8-9,11-12H,6-7,10H2,1-2H3,(H,22,23)/t11-,12?/m1/s1. The van der Waals surface area contributed by atoms with Crippen molar-refractivity contribution < 1.29 is 14.4 Å². The quantitative estimate of drug-likeness (QED) is 0.914. The summed E-state index contributed by atoms with van der Waals surface area (Å²) in [6, 6.07) is 9.54. The van der Waals surface area contributed by atoms with Crippen molar-refractivity contribution in [3.05, 3.63) is 41.0 Å². The Labute approximate surface area is 145 Å². The maximum atomic E-state index is 11.1. The van der Waals surface area contributed by atoms with Gasteiger partial charge in [0.2, 0.25) is 0 Å². The third-order valence-corrected chi connectivity index (χ3v) is 4.75. The Morgan fingerprint density at radius 2 is 2.21 bits per heavy atom. The second-order valence-corrected chi connectivity index (χ2v) is 6.55. The summed E-state index contributed by atoms with van der Waals surface area (Å²) in [7, 11) is 0. The first-order valence-electron chi connectivity index (χ1n) is 7.92. The zero-order chi connectivity index (χ0) is 17.3. The van der Waals surface area contributed by atoms with Crippen molar-refractivity contribution in [2.24, 2.45) is 0 Å². The summed E-state index contributed by atoms with van der Waals surface area (Å²) in [5.74, 6) is 0.677.